The van der Waals surface area contributed by atoms with Gasteiger partial charge in [-0.3, -0.25) is 4.79 Å². The number of nitrogens with zero attached hydrogens (tertiary/aromatic N) is 2. The van der Waals surface area contributed by atoms with Crippen LogP contribution in [-0.4, -0.2) is 48.9 Å². The minimum absolute atomic E-state index is 0.0671. The van der Waals surface area contributed by atoms with Crippen molar-refractivity contribution in [2.45, 2.75) is 6.42 Å². The maximum absolute atomic E-state index is 11.5. The molecule has 1 rings (SSSR count). The Balaban J connectivity index is 2.50. The highest BCUT2D eigenvalue weighted by molar-refractivity contribution is 5.80. The number of primary amides is 1. The third-order valence-electron chi connectivity index (χ3n) is 2.29. The van der Waals surface area contributed by atoms with Crippen LogP contribution in [0.5, 0.6) is 0 Å². The van der Waals surface area contributed by atoms with Gasteiger partial charge in [-0.25, -0.2) is 4.79 Å². The molecule has 0 aromatic heterocycles. The zero-order valence-corrected chi connectivity index (χ0v) is 7.99. The van der Waals surface area contributed by atoms with Crippen molar-refractivity contribution in [2.24, 2.45) is 11.7 Å². The van der Waals surface area contributed by atoms with Crippen LogP contribution in [0.25, 0.3) is 0 Å². The molecule has 1 aliphatic rings. The zero-order chi connectivity index (χ0) is 10.0. The number of amides is 3. The minimum Gasteiger partial charge on any atom is -0.351 e. The molecule has 1 unspecified atom stereocenters. The molecule has 5 nitrogen and oxygen atoms in total. The van der Waals surface area contributed by atoms with Crippen molar-refractivity contribution in [1.82, 2.24) is 9.80 Å². The van der Waals surface area contributed by atoms with E-state index in [2.05, 4.69) is 0 Å². The Labute approximate surface area is 77.5 Å². The second-order valence-electron chi connectivity index (χ2n) is 3.50. The quantitative estimate of drug-likeness (QED) is 0.597. The van der Waals surface area contributed by atoms with Crippen LogP contribution in [0.1, 0.15) is 6.42 Å². The standard InChI is InChI=1S/C8H15N3O2/c1-10(2)7(12)6-3-4-11(5-6)8(9)13/h6H,3-5H2,1-2H3,(H2,9,13). The highest BCUT2D eigenvalue weighted by Gasteiger charge is 2.30. The first-order valence-electron chi connectivity index (χ1n) is 4.28. The van der Waals surface area contributed by atoms with Gasteiger partial charge in [0.15, 0.2) is 0 Å². The molecule has 1 saturated heterocycles. The summed E-state index contributed by atoms with van der Waals surface area (Å²) in [5, 5.41) is 0. The van der Waals surface area contributed by atoms with Crippen molar-refractivity contribution in [1.29, 1.82) is 0 Å². The van der Waals surface area contributed by atoms with Crippen molar-refractivity contribution >= 4 is 11.9 Å². The summed E-state index contributed by atoms with van der Waals surface area (Å²) in [5.74, 6) is 0.00579. The molecule has 0 saturated carbocycles. The first kappa shape index (κ1) is 9.83. The van der Waals surface area contributed by atoms with Gasteiger partial charge in [0.05, 0.1) is 5.92 Å². The summed E-state index contributed by atoms with van der Waals surface area (Å²) in [7, 11) is 3.44. The SMILES string of the molecule is CN(C)C(=O)C1CCN(C(N)=O)C1. The largest absolute Gasteiger partial charge is 0.351 e. The van der Waals surface area contributed by atoms with Crippen LogP contribution in [0.4, 0.5) is 4.79 Å². The van der Waals surface area contributed by atoms with E-state index >= 15 is 0 Å². The molecule has 1 atom stereocenters. The van der Waals surface area contributed by atoms with E-state index in [0.717, 1.165) is 6.42 Å². The van der Waals surface area contributed by atoms with Gasteiger partial charge in [0.2, 0.25) is 5.91 Å². The predicted molar refractivity (Wildman–Crippen MR) is 48.0 cm³/mol. The Bertz CT molecular complexity index is 227. The molecule has 74 valence electrons. The predicted octanol–water partition coefficient (Wildman–Crippen LogP) is -0.525. The molecular weight excluding hydrogens is 170 g/mol. The van der Waals surface area contributed by atoms with Crippen molar-refractivity contribution in [3.63, 3.8) is 0 Å². The molecule has 0 aliphatic carbocycles. The molecule has 0 radical (unpaired) electrons. The number of likely N-dealkylation sites (tertiary alicyclic amines) is 1. The highest BCUT2D eigenvalue weighted by Crippen LogP contribution is 2.17. The minimum atomic E-state index is -0.436. The van der Waals surface area contributed by atoms with E-state index in [1.54, 1.807) is 19.0 Å². The second kappa shape index (κ2) is 3.64. The summed E-state index contributed by atoms with van der Waals surface area (Å²) in [6.07, 6.45) is 0.722. The third-order valence-corrected chi connectivity index (χ3v) is 2.29. The number of hydrogen-bond acceptors (Lipinski definition) is 2. The summed E-state index contributed by atoms with van der Waals surface area (Å²) in [5.41, 5.74) is 5.10. The Kier molecular flexibility index (Phi) is 2.75. The second-order valence-corrected chi connectivity index (χ2v) is 3.50. The maximum atomic E-state index is 11.5. The van der Waals surface area contributed by atoms with Gasteiger partial charge in [0, 0.05) is 27.2 Å². The van der Waals surface area contributed by atoms with Gasteiger partial charge in [0.1, 0.15) is 0 Å². The summed E-state index contributed by atoms with van der Waals surface area (Å²) in [6, 6.07) is -0.436. The van der Waals surface area contributed by atoms with E-state index in [0.29, 0.717) is 13.1 Å². The molecule has 0 spiro atoms. The summed E-state index contributed by atoms with van der Waals surface area (Å²) in [4.78, 5) is 25.3. The number of rotatable bonds is 1. The summed E-state index contributed by atoms with van der Waals surface area (Å²) < 4.78 is 0. The molecular formula is C8H15N3O2. The van der Waals surface area contributed by atoms with Gasteiger partial charge in [0.25, 0.3) is 0 Å². The van der Waals surface area contributed by atoms with Crippen LogP contribution in [0.3, 0.4) is 0 Å². The Hall–Kier alpha value is -1.26. The Morgan fingerprint density at radius 1 is 1.46 bits per heavy atom. The number of hydrogen-bond donors (Lipinski definition) is 1. The zero-order valence-electron chi connectivity index (χ0n) is 7.99. The topological polar surface area (TPSA) is 66.6 Å². The molecule has 0 bridgehead atoms. The average molecular weight is 185 g/mol. The van der Waals surface area contributed by atoms with Crippen LogP contribution in [0.15, 0.2) is 0 Å². The van der Waals surface area contributed by atoms with E-state index in [1.807, 2.05) is 0 Å². The summed E-state index contributed by atoms with van der Waals surface area (Å²) in [6.45, 7) is 1.06. The molecule has 1 heterocycles. The third kappa shape index (κ3) is 2.11. The highest BCUT2D eigenvalue weighted by atomic mass is 16.2. The monoisotopic (exact) mass is 185 g/mol. The Morgan fingerprint density at radius 3 is 2.46 bits per heavy atom. The Morgan fingerprint density at radius 2 is 2.08 bits per heavy atom. The lowest BCUT2D eigenvalue weighted by Crippen LogP contribution is -2.36. The van der Waals surface area contributed by atoms with Gasteiger partial charge >= 0.3 is 6.03 Å². The molecule has 0 aromatic carbocycles. The van der Waals surface area contributed by atoms with E-state index in [4.69, 9.17) is 5.73 Å². The van der Waals surface area contributed by atoms with Crippen molar-refractivity contribution in [3.05, 3.63) is 0 Å². The normalized spacial score (nSPS) is 21.7. The fourth-order valence-electron chi connectivity index (χ4n) is 1.53. The molecule has 3 amide bonds. The number of carbonyl (C=O) groups is 2. The van der Waals surface area contributed by atoms with Crippen LogP contribution >= 0.6 is 0 Å². The van der Waals surface area contributed by atoms with Crippen LogP contribution < -0.4 is 5.73 Å². The fourth-order valence-corrected chi connectivity index (χ4v) is 1.53. The fraction of sp³-hybridized carbons (Fsp3) is 0.750. The molecule has 0 aromatic rings. The average Bonchev–Trinajstić information content (AvgIpc) is 2.50. The maximum Gasteiger partial charge on any atom is 0.314 e. The first-order valence-corrected chi connectivity index (χ1v) is 4.28. The van der Waals surface area contributed by atoms with Gasteiger partial charge in [-0.2, -0.15) is 0 Å². The summed E-state index contributed by atoms with van der Waals surface area (Å²) >= 11 is 0. The molecule has 13 heavy (non-hydrogen) atoms. The van der Waals surface area contributed by atoms with Crippen molar-refractivity contribution in [2.75, 3.05) is 27.2 Å². The van der Waals surface area contributed by atoms with Crippen LogP contribution in [-0.2, 0) is 4.79 Å². The number of urea groups is 1. The first-order chi connectivity index (χ1) is 6.02. The van der Waals surface area contributed by atoms with E-state index in [-0.39, 0.29) is 11.8 Å². The van der Waals surface area contributed by atoms with Crippen molar-refractivity contribution < 1.29 is 9.59 Å². The van der Waals surface area contributed by atoms with Gasteiger partial charge < -0.3 is 15.5 Å². The molecule has 5 heteroatoms. The molecule has 1 fully saturated rings. The van der Waals surface area contributed by atoms with E-state index < -0.39 is 6.03 Å². The van der Waals surface area contributed by atoms with Gasteiger partial charge in [-0.1, -0.05) is 0 Å². The van der Waals surface area contributed by atoms with E-state index in [1.165, 1.54) is 4.90 Å². The van der Waals surface area contributed by atoms with Crippen LogP contribution in [0, 0.1) is 5.92 Å². The number of carbonyl (C=O) groups excluding carboxylic acids is 2. The lowest BCUT2D eigenvalue weighted by Gasteiger charge is -2.16. The van der Waals surface area contributed by atoms with Gasteiger partial charge in [-0.15, -0.1) is 0 Å². The molecule has 1 aliphatic heterocycles. The number of nitrogens with two attached hydrogens (primary N) is 1. The van der Waals surface area contributed by atoms with Gasteiger partial charge in [-0.05, 0) is 6.42 Å². The molecule has 2 N–H and O–H groups in total. The van der Waals surface area contributed by atoms with Crippen molar-refractivity contribution in [3.8, 4) is 0 Å². The smallest absolute Gasteiger partial charge is 0.314 e. The lowest BCUT2D eigenvalue weighted by atomic mass is 10.1. The van der Waals surface area contributed by atoms with E-state index in [9.17, 15) is 9.59 Å². The van der Waals surface area contributed by atoms with Crippen LogP contribution in [0.2, 0.25) is 0 Å². The lowest BCUT2D eigenvalue weighted by molar-refractivity contribution is -0.132.